The molecule has 0 heterocycles. The topological polar surface area (TPSA) is 29.4 Å². The van der Waals surface area contributed by atoms with Gasteiger partial charge >= 0.3 is 0 Å². The zero-order valence-electron chi connectivity index (χ0n) is 6.71. The van der Waals surface area contributed by atoms with E-state index in [0.717, 1.165) is 4.47 Å². The lowest BCUT2D eigenvalue weighted by Crippen LogP contribution is -1.96. The molecule has 0 spiro atoms. The Labute approximate surface area is 83.6 Å². The van der Waals surface area contributed by atoms with E-state index in [4.69, 9.17) is 0 Å². The van der Waals surface area contributed by atoms with E-state index < -0.39 is 12.7 Å². The van der Waals surface area contributed by atoms with E-state index in [-0.39, 0.29) is 0 Å². The van der Waals surface area contributed by atoms with Gasteiger partial charge < -0.3 is 0 Å². The molecule has 0 fully saturated rings. The van der Waals surface area contributed by atoms with Gasteiger partial charge in [-0.2, -0.15) is 4.99 Å². The molecular weight excluding hydrogens is 237 g/mol. The van der Waals surface area contributed by atoms with Crippen molar-refractivity contribution >= 4 is 22.0 Å². The minimum Gasteiger partial charge on any atom is -0.248 e. The fraction of sp³-hybridized carbons (Fsp3) is 0.222. The molecule has 1 aromatic rings. The Morgan fingerprint density at radius 3 is 2.54 bits per heavy atom. The Balaban J connectivity index is 2.91. The molecule has 0 aliphatic rings. The van der Waals surface area contributed by atoms with Crippen LogP contribution in [0.15, 0.2) is 33.7 Å². The van der Waals surface area contributed by atoms with Gasteiger partial charge in [-0.25, -0.2) is 9.18 Å². The summed E-state index contributed by atoms with van der Waals surface area (Å²) < 4.78 is 13.3. The summed E-state index contributed by atoms with van der Waals surface area (Å²) in [5.74, 6) is 0. The number of aliphatic imine (C=N–C) groups is 1. The lowest BCUT2D eigenvalue weighted by molar-refractivity contribution is 0.436. The minimum atomic E-state index is -0.717. The van der Waals surface area contributed by atoms with Crippen LogP contribution >= 0.6 is 15.9 Å². The van der Waals surface area contributed by atoms with Crippen molar-refractivity contribution in [3.8, 4) is 0 Å². The summed E-state index contributed by atoms with van der Waals surface area (Å²) >= 11 is 3.25. The molecule has 0 aliphatic carbocycles. The number of halogens is 2. The van der Waals surface area contributed by atoms with Gasteiger partial charge in [0.2, 0.25) is 6.08 Å². The van der Waals surface area contributed by atoms with Crippen molar-refractivity contribution in [3.05, 3.63) is 34.3 Å². The highest BCUT2D eigenvalue weighted by molar-refractivity contribution is 9.10. The largest absolute Gasteiger partial charge is 0.248 e. The van der Waals surface area contributed by atoms with Gasteiger partial charge in [0.05, 0.1) is 0 Å². The van der Waals surface area contributed by atoms with Crippen LogP contribution in [0.1, 0.15) is 11.6 Å². The highest BCUT2D eigenvalue weighted by Crippen LogP contribution is 2.19. The van der Waals surface area contributed by atoms with Gasteiger partial charge in [0.25, 0.3) is 0 Å². The highest BCUT2D eigenvalue weighted by atomic mass is 79.9. The second-order valence-corrected chi connectivity index (χ2v) is 3.36. The van der Waals surface area contributed by atoms with E-state index in [1.54, 1.807) is 24.3 Å². The Kier molecular flexibility index (Phi) is 3.80. The average Bonchev–Trinajstić information content (AvgIpc) is 2.16. The van der Waals surface area contributed by atoms with Crippen molar-refractivity contribution in [2.45, 2.75) is 6.04 Å². The Morgan fingerprint density at radius 1 is 1.46 bits per heavy atom. The molecule has 0 bridgehead atoms. The summed E-state index contributed by atoms with van der Waals surface area (Å²) in [6, 6.07) is 6.27. The van der Waals surface area contributed by atoms with Crippen LogP contribution in [0.4, 0.5) is 4.39 Å². The summed E-state index contributed by atoms with van der Waals surface area (Å²) in [6.45, 7) is -0.684. The van der Waals surface area contributed by atoms with Crippen molar-refractivity contribution in [2.24, 2.45) is 4.99 Å². The van der Waals surface area contributed by atoms with E-state index in [2.05, 4.69) is 20.9 Å². The van der Waals surface area contributed by atoms with Gasteiger partial charge in [0.15, 0.2) is 0 Å². The van der Waals surface area contributed by atoms with E-state index in [9.17, 15) is 9.18 Å². The van der Waals surface area contributed by atoms with Gasteiger partial charge in [0, 0.05) is 4.47 Å². The van der Waals surface area contributed by atoms with Crippen LogP contribution in [0.3, 0.4) is 0 Å². The Bertz CT molecular complexity index is 319. The first-order chi connectivity index (χ1) is 6.27. The summed E-state index contributed by atoms with van der Waals surface area (Å²) in [6.07, 6.45) is 1.36. The fourth-order valence-corrected chi connectivity index (χ4v) is 1.21. The molecule has 2 nitrogen and oxygen atoms in total. The number of benzene rings is 1. The van der Waals surface area contributed by atoms with Crippen molar-refractivity contribution < 1.29 is 9.18 Å². The molecule has 0 saturated carbocycles. The van der Waals surface area contributed by atoms with Gasteiger partial charge in [-0.15, -0.1) is 0 Å². The molecule has 0 aromatic heterocycles. The smallest absolute Gasteiger partial charge is 0.235 e. The van der Waals surface area contributed by atoms with E-state index in [1.165, 1.54) is 6.08 Å². The molecule has 0 aliphatic heterocycles. The van der Waals surface area contributed by atoms with Gasteiger partial charge in [-0.1, -0.05) is 28.1 Å². The monoisotopic (exact) mass is 243 g/mol. The molecular formula is C9H7BrFNO. The SMILES string of the molecule is O=C=NC(CF)c1ccc(Br)cc1. The molecule has 0 N–H and O–H groups in total. The predicted octanol–water partition coefficient (Wildman–Crippen LogP) is 2.80. The van der Waals surface area contributed by atoms with E-state index in [1.807, 2.05) is 0 Å². The molecule has 4 heteroatoms. The first-order valence-corrected chi connectivity index (χ1v) is 4.45. The fourth-order valence-electron chi connectivity index (χ4n) is 0.947. The average molecular weight is 244 g/mol. The zero-order valence-corrected chi connectivity index (χ0v) is 8.29. The van der Waals surface area contributed by atoms with Crippen molar-refractivity contribution in [3.63, 3.8) is 0 Å². The number of isocyanates is 1. The van der Waals surface area contributed by atoms with Gasteiger partial charge in [0.1, 0.15) is 12.7 Å². The van der Waals surface area contributed by atoms with Crippen LogP contribution in [0.25, 0.3) is 0 Å². The third-order valence-electron chi connectivity index (χ3n) is 1.61. The Hall–Kier alpha value is -0.990. The van der Waals surface area contributed by atoms with Crippen LogP contribution in [0, 0.1) is 0 Å². The highest BCUT2D eigenvalue weighted by Gasteiger charge is 2.08. The summed E-state index contributed by atoms with van der Waals surface area (Å²) in [4.78, 5) is 13.3. The molecule has 1 atom stereocenters. The quantitative estimate of drug-likeness (QED) is 0.593. The van der Waals surface area contributed by atoms with Crippen molar-refractivity contribution in [2.75, 3.05) is 6.67 Å². The molecule has 68 valence electrons. The molecule has 1 unspecified atom stereocenters. The van der Waals surface area contributed by atoms with Crippen LogP contribution < -0.4 is 0 Å². The third-order valence-corrected chi connectivity index (χ3v) is 2.14. The molecule has 0 saturated heterocycles. The zero-order chi connectivity index (χ0) is 9.68. The first-order valence-electron chi connectivity index (χ1n) is 3.66. The molecule has 0 radical (unpaired) electrons. The Morgan fingerprint density at radius 2 is 2.08 bits per heavy atom. The lowest BCUT2D eigenvalue weighted by atomic mass is 10.1. The number of hydrogen-bond acceptors (Lipinski definition) is 2. The normalized spacial score (nSPS) is 11.8. The van der Waals surface area contributed by atoms with E-state index >= 15 is 0 Å². The first kappa shape index (κ1) is 10.1. The van der Waals surface area contributed by atoms with Crippen LogP contribution in [0.5, 0.6) is 0 Å². The number of nitrogens with zero attached hydrogens (tertiary/aromatic N) is 1. The van der Waals surface area contributed by atoms with E-state index in [0.29, 0.717) is 5.56 Å². The molecule has 1 rings (SSSR count). The maximum Gasteiger partial charge on any atom is 0.235 e. The maximum absolute atomic E-state index is 12.3. The number of rotatable bonds is 3. The second-order valence-electron chi connectivity index (χ2n) is 2.44. The number of alkyl halides is 1. The molecule has 0 amide bonds. The van der Waals surface area contributed by atoms with Crippen LogP contribution in [-0.4, -0.2) is 12.8 Å². The molecule has 13 heavy (non-hydrogen) atoms. The number of hydrogen-bond donors (Lipinski definition) is 0. The standard InChI is InChI=1S/C9H7BrFNO/c10-8-3-1-7(2-4-8)9(5-11)12-6-13/h1-4,9H,5H2. The number of carbonyl (C=O) groups excluding carboxylic acids is 1. The predicted molar refractivity (Wildman–Crippen MR) is 51.0 cm³/mol. The summed E-state index contributed by atoms with van der Waals surface area (Å²) in [5, 5.41) is 0. The van der Waals surface area contributed by atoms with Crippen molar-refractivity contribution in [1.82, 2.24) is 0 Å². The van der Waals surface area contributed by atoms with Crippen LogP contribution in [0.2, 0.25) is 0 Å². The van der Waals surface area contributed by atoms with Crippen LogP contribution in [-0.2, 0) is 4.79 Å². The van der Waals surface area contributed by atoms with Gasteiger partial charge in [-0.05, 0) is 17.7 Å². The van der Waals surface area contributed by atoms with Gasteiger partial charge in [-0.3, -0.25) is 0 Å². The summed E-state index contributed by atoms with van der Waals surface area (Å²) in [7, 11) is 0. The second kappa shape index (κ2) is 4.90. The maximum atomic E-state index is 12.3. The minimum absolute atomic E-state index is 0.675. The lowest BCUT2D eigenvalue weighted by Gasteiger charge is -2.05. The summed E-state index contributed by atoms with van der Waals surface area (Å²) in [5.41, 5.74) is 0.675. The third kappa shape index (κ3) is 2.76. The van der Waals surface area contributed by atoms with Crippen molar-refractivity contribution in [1.29, 1.82) is 0 Å². The molecule has 1 aromatic carbocycles.